The topological polar surface area (TPSA) is 163 Å². The molecule has 48 heavy (non-hydrogen) atoms. The molecule has 5 aromatic rings. The van der Waals surface area contributed by atoms with Crippen LogP contribution in [0.25, 0.3) is 44.4 Å². The largest absolute Gasteiger partial charge is 0.453 e. The van der Waals surface area contributed by atoms with Crippen molar-refractivity contribution in [1.82, 2.24) is 41.6 Å². The second kappa shape index (κ2) is 14.0. The molecule has 0 aliphatic carbocycles. The second-order valence-electron chi connectivity index (χ2n) is 12.9. The highest BCUT2D eigenvalue weighted by molar-refractivity contribution is 5.90. The maximum Gasteiger partial charge on any atom is 0.407 e. The van der Waals surface area contributed by atoms with Crippen molar-refractivity contribution in [3.8, 4) is 33.6 Å². The molecule has 2 aliphatic heterocycles. The lowest BCUT2D eigenvalue weighted by molar-refractivity contribution is -0.135. The van der Waals surface area contributed by atoms with Crippen LogP contribution in [0.4, 0.5) is 4.79 Å². The van der Waals surface area contributed by atoms with E-state index in [4.69, 9.17) is 4.74 Å². The average molecular weight is 649 g/mol. The number of benzene rings is 3. The maximum absolute atomic E-state index is 13.5. The molecule has 2 saturated heterocycles. The summed E-state index contributed by atoms with van der Waals surface area (Å²) in [5.74, 6) is 1.58. The Morgan fingerprint density at radius 1 is 0.833 bits per heavy atom. The average Bonchev–Trinajstić information content (AvgIpc) is 3.93. The zero-order valence-corrected chi connectivity index (χ0v) is 27.8. The van der Waals surface area contributed by atoms with Gasteiger partial charge in [0, 0.05) is 12.1 Å². The monoisotopic (exact) mass is 648 g/mol. The van der Waals surface area contributed by atoms with Gasteiger partial charge < -0.3 is 36.4 Å². The van der Waals surface area contributed by atoms with Crippen LogP contribution in [0.1, 0.15) is 63.3 Å². The minimum atomic E-state index is -0.661. The molecule has 2 aliphatic rings. The summed E-state index contributed by atoms with van der Waals surface area (Å²) in [7, 11) is 1.30. The fraction of sp³-hybridized carbons (Fsp3) is 0.351. The van der Waals surface area contributed by atoms with E-state index in [0.29, 0.717) is 12.6 Å². The van der Waals surface area contributed by atoms with Gasteiger partial charge in [-0.05, 0) is 77.7 Å². The Hall–Kier alpha value is -5.00. The van der Waals surface area contributed by atoms with Crippen molar-refractivity contribution in [3.05, 3.63) is 84.7 Å². The Morgan fingerprint density at radius 2 is 1.46 bits per heavy atom. The van der Waals surface area contributed by atoms with Gasteiger partial charge in [-0.2, -0.15) is 0 Å². The van der Waals surface area contributed by atoms with E-state index in [1.807, 2.05) is 31.1 Å². The molecule has 250 valence electrons. The summed E-state index contributed by atoms with van der Waals surface area (Å²) in [4.78, 5) is 43.5. The molecule has 7 N–H and O–H groups in total. The number of methoxy groups -OCH3 is 1. The molecule has 11 nitrogen and oxygen atoms in total. The number of nitrogens with one attached hydrogen (secondary N) is 4. The molecule has 4 heterocycles. The van der Waals surface area contributed by atoms with Crippen LogP contribution in [0.3, 0.4) is 0 Å². The number of fused-ring (bicyclic) bond motifs is 1. The van der Waals surface area contributed by atoms with Crippen LogP contribution in [-0.2, 0) is 9.53 Å². The molecule has 0 radical (unpaired) electrons. The molecule has 7 rings (SSSR count). The Kier molecular flexibility index (Phi) is 9.61. The van der Waals surface area contributed by atoms with Gasteiger partial charge in [-0.1, -0.05) is 62.4 Å². The number of likely N-dealkylation sites (tertiary alicyclic amines) is 1. The van der Waals surface area contributed by atoms with Crippen molar-refractivity contribution >= 4 is 22.8 Å². The number of aromatic amines is 2. The molecule has 2 fully saturated rings. The molecule has 1 unspecified atom stereocenters. The summed E-state index contributed by atoms with van der Waals surface area (Å²) in [6, 6.07) is 21.1. The van der Waals surface area contributed by atoms with Crippen LogP contribution in [0.5, 0.6) is 0 Å². The first kappa shape index (κ1) is 32.9. The first-order chi connectivity index (χ1) is 22.9. The first-order valence-corrected chi connectivity index (χ1v) is 16.5. The summed E-state index contributed by atoms with van der Waals surface area (Å²) in [5.41, 5.74) is 6.38. The first-order valence-electron chi connectivity index (χ1n) is 16.5. The van der Waals surface area contributed by atoms with Crippen LogP contribution in [0.15, 0.2) is 73.1 Å². The van der Waals surface area contributed by atoms with Gasteiger partial charge in [0.15, 0.2) is 0 Å². The highest BCUT2D eigenvalue weighted by Gasteiger charge is 2.37. The number of carbonyl (C=O) groups is 2. The van der Waals surface area contributed by atoms with E-state index in [2.05, 4.69) is 91.2 Å². The van der Waals surface area contributed by atoms with E-state index in [0.717, 1.165) is 71.1 Å². The van der Waals surface area contributed by atoms with E-state index in [9.17, 15) is 9.59 Å². The van der Waals surface area contributed by atoms with Crippen molar-refractivity contribution in [2.75, 3.05) is 20.2 Å². The molecule has 2 aromatic heterocycles. The lowest BCUT2D eigenvalue weighted by Crippen LogP contribution is -2.51. The number of rotatable bonds is 8. The molecule has 2 amide bonds. The lowest BCUT2D eigenvalue weighted by atomic mass is 9.98. The molecule has 11 heteroatoms. The molecule has 3 atom stereocenters. The van der Waals surface area contributed by atoms with Crippen molar-refractivity contribution in [3.63, 3.8) is 0 Å². The van der Waals surface area contributed by atoms with E-state index in [-0.39, 0.29) is 24.0 Å². The Labute approximate surface area is 280 Å². The minimum absolute atomic E-state index is 0. The number of hydrogen-bond donors (Lipinski definition) is 5. The van der Waals surface area contributed by atoms with Crippen LogP contribution in [0.2, 0.25) is 0 Å². The normalized spacial score (nSPS) is 18.2. The molecule has 0 spiro atoms. The molecular formula is C37H44N8O3. The summed E-state index contributed by atoms with van der Waals surface area (Å²) in [6.07, 6.45) is 7.16. The number of H-pyrrole nitrogens is 2. The number of imidazole rings is 2. The van der Waals surface area contributed by atoms with E-state index < -0.39 is 12.1 Å². The van der Waals surface area contributed by atoms with Crippen molar-refractivity contribution in [2.45, 2.75) is 57.7 Å². The molecule has 0 bridgehead atoms. The number of hydrogen-bond acceptors (Lipinski definition) is 7. The van der Waals surface area contributed by atoms with Crippen LogP contribution in [0, 0.1) is 5.92 Å². The van der Waals surface area contributed by atoms with Gasteiger partial charge in [0.25, 0.3) is 0 Å². The van der Waals surface area contributed by atoms with Gasteiger partial charge >= 0.3 is 6.09 Å². The minimum Gasteiger partial charge on any atom is -0.453 e. The number of nitrogens with zero attached hydrogens (tertiary/aromatic N) is 3. The standard InChI is InChI=1S/C37H41N7O3.H3N/c1-22(2)33(43-37(46)47-3)36(45)44-17-5-7-32(44)35-40-20-30(42-35)24-10-8-23(9-11-24)25-12-13-27-19-28(15-14-26(27)18-25)31-21-39-34(41-31)29-6-4-16-38-29;/h8-15,18-22,29,32-33,38H,4-7,16-17H2,1-3H3,(H,39,41)(H,40,42)(H,43,46);1H3/t29-,32-,33?;/m0./s1. The van der Waals surface area contributed by atoms with Gasteiger partial charge in [-0.3, -0.25) is 4.79 Å². The zero-order chi connectivity index (χ0) is 32.5. The predicted octanol–water partition coefficient (Wildman–Crippen LogP) is 6.92. The third-order valence-electron chi connectivity index (χ3n) is 9.50. The third kappa shape index (κ3) is 6.56. The summed E-state index contributed by atoms with van der Waals surface area (Å²) in [5, 5.41) is 8.58. The SMILES string of the molecule is COC(=O)NC(C(=O)N1CCC[C@H]1c1ncc(-c2ccc(-c3ccc4cc(-c5cnc([C@@H]6CCCN6)[nH]5)ccc4c3)cc2)[nH]1)C(C)C.N. The zero-order valence-electron chi connectivity index (χ0n) is 27.8. The summed E-state index contributed by atoms with van der Waals surface area (Å²) >= 11 is 0. The van der Waals surface area contributed by atoms with Crippen molar-refractivity contribution in [1.29, 1.82) is 0 Å². The van der Waals surface area contributed by atoms with Crippen molar-refractivity contribution < 1.29 is 14.3 Å². The number of aromatic nitrogens is 4. The van der Waals surface area contributed by atoms with E-state index >= 15 is 0 Å². The van der Waals surface area contributed by atoms with Crippen molar-refractivity contribution in [2.24, 2.45) is 5.92 Å². The number of carbonyl (C=O) groups excluding carboxylic acids is 2. The predicted molar refractivity (Wildman–Crippen MR) is 187 cm³/mol. The number of ether oxygens (including phenoxy) is 1. The van der Waals surface area contributed by atoms with E-state index in [1.54, 1.807) is 0 Å². The van der Waals surface area contributed by atoms with Gasteiger partial charge in [0.2, 0.25) is 5.91 Å². The second-order valence-corrected chi connectivity index (χ2v) is 12.9. The molecular weight excluding hydrogens is 604 g/mol. The number of alkyl carbamates (subject to hydrolysis) is 1. The van der Waals surface area contributed by atoms with Crippen LogP contribution < -0.4 is 16.8 Å². The summed E-state index contributed by atoms with van der Waals surface area (Å²) in [6.45, 7) is 5.50. The van der Waals surface area contributed by atoms with E-state index in [1.165, 1.54) is 24.3 Å². The third-order valence-corrected chi connectivity index (χ3v) is 9.50. The molecule has 0 saturated carbocycles. The Balaban J connectivity index is 0.00000401. The highest BCUT2D eigenvalue weighted by atomic mass is 16.5. The van der Waals surface area contributed by atoms with Crippen LogP contribution >= 0.6 is 0 Å². The summed E-state index contributed by atoms with van der Waals surface area (Å²) < 4.78 is 4.75. The van der Waals surface area contributed by atoms with Gasteiger partial charge in [-0.15, -0.1) is 0 Å². The van der Waals surface area contributed by atoms with Gasteiger partial charge in [0.1, 0.15) is 17.7 Å². The maximum atomic E-state index is 13.5. The Bertz CT molecular complexity index is 1890. The highest BCUT2D eigenvalue weighted by Crippen LogP contribution is 2.34. The van der Waals surface area contributed by atoms with Crippen LogP contribution in [-0.4, -0.2) is 63.1 Å². The Morgan fingerprint density at radius 3 is 2.15 bits per heavy atom. The number of amides is 2. The fourth-order valence-corrected chi connectivity index (χ4v) is 6.86. The smallest absolute Gasteiger partial charge is 0.407 e. The van der Waals surface area contributed by atoms with Gasteiger partial charge in [-0.25, -0.2) is 14.8 Å². The molecule has 3 aromatic carbocycles. The van der Waals surface area contributed by atoms with Gasteiger partial charge in [0.05, 0.1) is 43.0 Å². The fourth-order valence-electron chi connectivity index (χ4n) is 6.86. The quantitative estimate of drug-likeness (QED) is 0.122. The lowest BCUT2D eigenvalue weighted by Gasteiger charge is -2.30.